The van der Waals surface area contributed by atoms with Gasteiger partial charge in [-0.15, -0.1) is 21.8 Å². The van der Waals surface area contributed by atoms with Gasteiger partial charge >= 0.3 is 0 Å². The van der Waals surface area contributed by atoms with Crippen LogP contribution in [0.1, 0.15) is 23.6 Å². The molecule has 5 nitrogen and oxygen atoms in total. The van der Waals surface area contributed by atoms with Crippen molar-refractivity contribution in [3.63, 3.8) is 0 Å². The Labute approximate surface area is 143 Å². The van der Waals surface area contributed by atoms with E-state index in [1.54, 1.807) is 0 Å². The molecule has 1 amide bonds. The third kappa shape index (κ3) is 3.13. The number of aryl methyl sites for hydroxylation is 2. The molecule has 8 heteroatoms. The van der Waals surface area contributed by atoms with E-state index in [4.69, 9.17) is 11.6 Å². The molecule has 1 aliphatic heterocycles. The van der Waals surface area contributed by atoms with Crippen molar-refractivity contribution in [2.75, 3.05) is 5.88 Å². The van der Waals surface area contributed by atoms with Gasteiger partial charge in [-0.1, -0.05) is 6.07 Å². The van der Waals surface area contributed by atoms with Gasteiger partial charge in [-0.3, -0.25) is 4.79 Å². The second kappa shape index (κ2) is 6.84. The Kier molecular flexibility index (Phi) is 4.80. The number of hydrogen-bond acceptors (Lipinski definition) is 3. The predicted molar refractivity (Wildman–Crippen MR) is 84.5 cm³/mol. The average molecular weight is 355 g/mol. The van der Waals surface area contributed by atoms with Crippen molar-refractivity contribution in [1.29, 1.82) is 0 Å². The predicted octanol–water partition coefficient (Wildman–Crippen LogP) is 2.45. The maximum absolute atomic E-state index is 14.0. The summed E-state index contributed by atoms with van der Waals surface area (Å²) < 4.78 is 29.9. The molecule has 0 aliphatic carbocycles. The number of alkyl halides is 1. The first-order valence-corrected chi connectivity index (χ1v) is 8.21. The van der Waals surface area contributed by atoms with Crippen LogP contribution >= 0.6 is 11.6 Å². The number of amides is 1. The second-order valence-corrected chi connectivity index (χ2v) is 6.09. The maximum atomic E-state index is 14.0. The van der Waals surface area contributed by atoms with Gasteiger partial charge in [0.05, 0.1) is 12.6 Å². The summed E-state index contributed by atoms with van der Waals surface area (Å²) in [6.07, 6.45) is 1.30. The minimum absolute atomic E-state index is 0.123. The van der Waals surface area contributed by atoms with E-state index in [-0.39, 0.29) is 29.9 Å². The minimum Gasteiger partial charge on any atom is -0.332 e. The van der Waals surface area contributed by atoms with Gasteiger partial charge in [0, 0.05) is 18.5 Å². The molecule has 0 saturated carbocycles. The molecule has 2 aromatic rings. The zero-order valence-corrected chi connectivity index (χ0v) is 13.9. The monoisotopic (exact) mass is 354 g/mol. The summed E-state index contributed by atoms with van der Waals surface area (Å²) in [5.74, 6) is -0.304. The third-order valence-corrected chi connectivity index (χ3v) is 4.60. The van der Waals surface area contributed by atoms with E-state index in [9.17, 15) is 13.6 Å². The lowest BCUT2D eigenvalue weighted by Gasteiger charge is -2.35. The fourth-order valence-electron chi connectivity index (χ4n) is 3.05. The molecule has 2 heterocycles. The van der Waals surface area contributed by atoms with E-state index in [0.717, 1.165) is 11.6 Å². The number of rotatable bonds is 4. The van der Waals surface area contributed by atoms with E-state index in [2.05, 4.69) is 10.2 Å². The molecule has 1 aromatic carbocycles. The Bertz CT molecular complexity index is 744. The van der Waals surface area contributed by atoms with Crippen molar-refractivity contribution in [2.24, 2.45) is 0 Å². The minimum atomic E-state index is -0.667. The highest BCUT2D eigenvalue weighted by molar-refractivity contribution is 6.27. The lowest BCUT2D eigenvalue weighted by Crippen LogP contribution is -2.45. The summed E-state index contributed by atoms with van der Waals surface area (Å²) in [5.41, 5.74) is -0.123. The Morgan fingerprint density at radius 1 is 1.38 bits per heavy atom. The van der Waals surface area contributed by atoms with Crippen molar-refractivity contribution in [1.82, 2.24) is 19.7 Å². The van der Waals surface area contributed by atoms with Gasteiger partial charge in [0.1, 0.15) is 29.2 Å². The van der Waals surface area contributed by atoms with Crippen molar-refractivity contribution < 1.29 is 13.6 Å². The van der Waals surface area contributed by atoms with Gasteiger partial charge < -0.3 is 9.47 Å². The van der Waals surface area contributed by atoms with Crippen LogP contribution in [0.3, 0.4) is 0 Å². The van der Waals surface area contributed by atoms with Crippen LogP contribution in [-0.2, 0) is 24.3 Å². The standard InChI is InChI=1S/C16H17ClF2N4O/c1-10-20-21-15-6-5-11(8-22(10)15)23(16(24)7-17)9-12-13(18)3-2-4-14(12)19/h2-4,11H,5-9H2,1H3. The molecule has 1 aliphatic rings. The summed E-state index contributed by atoms with van der Waals surface area (Å²) in [5, 5.41) is 8.12. The van der Waals surface area contributed by atoms with Gasteiger partial charge in [0.25, 0.3) is 0 Å². The summed E-state index contributed by atoms with van der Waals surface area (Å²) in [6.45, 7) is 2.18. The number of carbonyl (C=O) groups is 1. The zero-order chi connectivity index (χ0) is 17.3. The highest BCUT2D eigenvalue weighted by Gasteiger charge is 2.30. The summed E-state index contributed by atoms with van der Waals surface area (Å²) >= 11 is 5.71. The summed E-state index contributed by atoms with van der Waals surface area (Å²) in [4.78, 5) is 13.7. The van der Waals surface area contributed by atoms with Crippen molar-refractivity contribution in [3.05, 3.63) is 47.0 Å². The van der Waals surface area contributed by atoms with Crippen LogP contribution in [0, 0.1) is 18.6 Å². The highest BCUT2D eigenvalue weighted by atomic mass is 35.5. The SMILES string of the molecule is Cc1nnc2n1CC(N(Cc1c(F)cccc1F)C(=O)CCl)CC2. The molecular formula is C16H17ClF2N4O. The molecule has 1 aromatic heterocycles. The van der Waals surface area contributed by atoms with E-state index >= 15 is 0 Å². The fourth-order valence-corrected chi connectivity index (χ4v) is 3.20. The molecule has 0 fully saturated rings. The molecular weight excluding hydrogens is 338 g/mol. The first-order valence-electron chi connectivity index (χ1n) is 7.68. The number of fused-ring (bicyclic) bond motifs is 1. The molecule has 24 heavy (non-hydrogen) atoms. The number of benzene rings is 1. The number of carbonyl (C=O) groups excluding carboxylic acids is 1. The van der Waals surface area contributed by atoms with Gasteiger partial charge in [0.15, 0.2) is 0 Å². The van der Waals surface area contributed by atoms with E-state index in [0.29, 0.717) is 19.4 Å². The van der Waals surface area contributed by atoms with Gasteiger partial charge in [-0.25, -0.2) is 8.78 Å². The van der Waals surface area contributed by atoms with Crippen molar-refractivity contribution in [3.8, 4) is 0 Å². The van der Waals surface area contributed by atoms with Gasteiger partial charge in [-0.05, 0) is 25.5 Å². The van der Waals surface area contributed by atoms with Crippen molar-refractivity contribution in [2.45, 2.75) is 38.9 Å². The highest BCUT2D eigenvalue weighted by Crippen LogP contribution is 2.23. The first kappa shape index (κ1) is 16.8. The van der Waals surface area contributed by atoms with Crippen LogP contribution in [-0.4, -0.2) is 37.5 Å². The van der Waals surface area contributed by atoms with Gasteiger partial charge in [-0.2, -0.15) is 0 Å². The molecule has 0 N–H and O–H groups in total. The average Bonchev–Trinajstić information content (AvgIpc) is 2.95. The van der Waals surface area contributed by atoms with Crippen LogP contribution in [0.5, 0.6) is 0 Å². The van der Waals surface area contributed by atoms with Gasteiger partial charge in [0.2, 0.25) is 5.91 Å². The molecule has 3 rings (SSSR count). The number of nitrogens with zero attached hydrogens (tertiary/aromatic N) is 4. The quantitative estimate of drug-likeness (QED) is 0.792. The van der Waals surface area contributed by atoms with Crippen molar-refractivity contribution >= 4 is 17.5 Å². The molecule has 1 unspecified atom stereocenters. The van der Waals surface area contributed by atoms with Crippen LogP contribution in [0.4, 0.5) is 8.78 Å². The van der Waals surface area contributed by atoms with Crippen LogP contribution < -0.4 is 0 Å². The molecule has 0 radical (unpaired) electrons. The number of aromatic nitrogens is 3. The fraction of sp³-hybridized carbons (Fsp3) is 0.438. The Morgan fingerprint density at radius 3 is 2.75 bits per heavy atom. The van der Waals surface area contributed by atoms with E-state index < -0.39 is 11.6 Å². The topological polar surface area (TPSA) is 51.0 Å². The normalized spacial score (nSPS) is 16.8. The number of halogens is 3. The second-order valence-electron chi connectivity index (χ2n) is 5.82. The maximum Gasteiger partial charge on any atom is 0.238 e. The molecule has 0 saturated heterocycles. The number of hydrogen-bond donors (Lipinski definition) is 0. The molecule has 1 atom stereocenters. The van der Waals surface area contributed by atoms with Crippen LogP contribution in [0.2, 0.25) is 0 Å². The summed E-state index contributed by atoms with van der Waals surface area (Å²) in [6, 6.07) is 3.46. The molecule has 128 valence electrons. The van der Waals surface area contributed by atoms with Crippen LogP contribution in [0.25, 0.3) is 0 Å². The lowest BCUT2D eigenvalue weighted by atomic mass is 10.0. The Morgan fingerprint density at radius 2 is 2.08 bits per heavy atom. The first-order chi connectivity index (χ1) is 11.5. The van der Waals surface area contributed by atoms with E-state index in [1.165, 1.54) is 23.1 Å². The third-order valence-electron chi connectivity index (χ3n) is 4.37. The molecule has 0 bridgehead atoms. The van der Waals surface area contributed by atoms with Crippen LogP contribution in [0.15, 0.2) is 18.2 Å². The lowest BCUT2D eigenvalue weighted by molar-refractivity contribution is -0.132. The zero-order valence-electron chi connectivity index (χ0n) is 13.2. The Balaban J connectivity index is 1.88. The summed E-state index contributed by atoms with van der Waals surface area (Å²) in [7, 11) is 0. The molecule has 0 spiro atoms. The van der Waals surface area contributed by atoms with E-state index in [1.807, 2.05) is 11.5 Å². The largest absolute Gasteiger partial charge is 0.332 e. The smallest absolute Gasteiger partial charge is 0.238 e. The Hall–Kier alpha value is -2.02.